The fourth-order valence-electron chi connectivity index (χ4n) is 4.28. The third-order valence-electron chi connectivity index (χ3n) is 6.25. The lowest BCUT2D eigenvalue weighted by Crippen LogP contribution is -2.43. The van der Waals surface area contributed by atoms with Crippen molar-refractivity contribution in [1.82, 2.24) is 20.2 Å². The second-order valence-corrected chi connectivity index (χ2v) is 8.85. The molecular weight excluding hydrogens is 440 g/mol. The maximum absolute atomic E-state index is 12.8. The summed E-state index contributed by atoms with van der Waals surface area (Å²) in [6.45, 7) is 6.46. The molecule has 2 aromatic carbocycles. The molecular formula is C27H30N6O2. The van der Waals surface area contributed by atoms with Crippen molar-refractivity contribution in [3.05, 3.63) is 66.1 Å². The summed E-state index contributed by atoms with van der Waals surface area (Å²) in [7, 11) is 3.74. The molecule has 180 valence electrons. The van der Waals surface area contributed by atoms with Crippen molar-refractivity contribution >= 4 is 22.4 Å². The predicted molar refractivity (Wildman–Crippen MR) is 137 cm³/mol. The Bertz CT molecular complexity index is 1270. The van der Waals surface area contributed by atoms with Gasteiger partial charge < -0.3 is 20.3 Å². The number of anilines is 1. The van der Waals surface area contributed by atoms with Crippen LogP contribution in [-0.2, 0) is 11.3 Å². The van der Waals surface area contributed by atoms with E-state index in [2.05, 4.69) is 45.2 Å². The average Bonchev–Trinajstić information content (AvgIpc) is 2.89. The molecule has 1 aliphatic heterocycles. The fourth-order valence-corrected chi connectivity index (χ4v) is 4.28. The number of methoxy groups -OCH3 is 1. The number of nitriles is 1. The van der Waals surface area contributed by atoms with Gasteiger partial charge in [-0.2, -0.15) is 5.26 Å². The van der Waals surface area contributed by atoms with E-state index in [-0.39, 0.29) is 17.8 Å². The van der Waals surface area contributed by atoms with Gasteiger partial charge in [0.1, 0.15) is 0 Å². The van der Waals surface area contributed by atoms with Crippen molar-refractivity contribution in [2.75, 3.05) is 39.1 Å². The lowest BCUT2D eigenvalue weighted by molar-refractivity contribution is 0.0906. The number of likely N-dealkylation sites (tertiary alicyclic amines) is 1. The Morgan fingerprint density at radius 1 is 1.26 bits per heavy atom. The number of nitrogens with one attached hydrogen (secondary N) is 2. The molecule has 35 heavy (non-hydrogen) atoms. The van der Waals surface area contributed by atoms with Crippen molar-refractivity contribution in [3.8, 4) is 17.3 Å². The number of benzene rings is 2. The summed E-state index contributed by atoms with van der Waals surface area (Å²) in [6, 6.07) is 14.1. The molecule has 0 saturated carbocycles. The monoisotopic (exact) mass is 470 g/mol. The van der Waals surface area contributed by atoms with Crippen LogP contribution in [0.1, 0.15) is 29.0 Å². The Morgan fingerprint density at radius 2 is 2.03 bits per heavy atom. The maximum atomic E-state index is 12.8. The number of amides is 1. The lowest BCUT2D eigenvalue weighted by Gasteiger charge is -2.29. The highest BCUT2D eigenvalue weighted by molar-refractivity contribution is 5.98. The van der Waals surface area contributed by atoms with Crippen LogP contribution in [0.5, 0.6) is 0 Å². The van der Waals surface area contributed by atoms with Crippen molar-refractivity contribution in [2.24, 2.45) is 0 Å². The number of aromatic nitrogens is 2. The van der Waals surface area contributed by atoms with Crippen LogP contribution in [0.3, 0.4) is 0 Å². The number of fused-ring (bicyclic) bond motifs is 1. The van der Waals surface area contributed by atoms with Crippen molar-refractivity contribution in [3.63, 3.8) is 0 Å². The molecule has 1 aliphatic rings. The third kappa shape index (κ3) is 5.83. The largest absolute Gasteiger partial charge is 0.380 e. The first kappa shape index (κ1) is 24.3. The number of hydrogen-bond donors (Lipinski definition) is 2. The van der Waals surface area contributed by atoms with Gasteiger partial charge in [0.2, 0.25) is 5.82 Å². The molecule has 1 fully saturated rings. The minimum absolute atomic E-state index is 0.141. The molecule has 8 nitrogen and oxygen atoms in total. The molecule has 1 saturated heterocycles. The van der Waals surface area contributed by atoms with E-state index in [1.165, 1.54) is 0 Å². The smallest absolute Gasteiger partial charge is 0.289 e. The second-order valence-electron chi connectivity index (χ2n) is 8.85. The number of carbonyl (C=O) groups excluding carboxylic acids is 1. The molecule has 8 heteroatoms. The number of hydrogen-bond acceptors (Lipinski definition) is 7. The van der Waals surface area contributed by atoms with Crippen LogP contribution in [-0.4, -0.2) is 60.6 Å². The van der Waals surface area contributed by atoms with Gasteiger partial charge in [0, 0.05) is 53.7 Å². The molecule has 4 rings (SSSR count). The average molecular weight is 471 g/mol. The fraction of sp³-hybridized carbons (Fsp3) is 0.333. The molecule has 0 radical (unpaired) electrons. The number of ether oxygens (including phenoxy) is 1. The molecule has 0 spiro atoms. The standard InChI is InChI=1S/C27H30N6O2/c1-18(15-28)16-30-25-21(17-35-3)7-5-19-4-6-20(14-23(19)25)24-8-11-29-26(32-24)27(34)31-22-9-12-33(2)13-10-22/h4-8,11,14,22,30H,1,9-10,12-13,16-17H2,2-3H3,(H,31,34). The van der Waals surface area contributed by atoms with E-state index in [1.807, 2.05) is 30.3 Å². The molecule has 0 unspecified atom stereocenters. The molecule has 1 aromatic heterocycles. The van der Waals surface area contributed by atoms with Crippen LogP contribution in [0.15, 0.2) is 54.7 Å². The van der Waals surface area contributed by atoms with Crippen molar-refractivity contribution in [2.45, 2.75) is 25.5 Å². The van der Waals surface area contributed by atoms with E-state index in [1.54, 1.807) is 19.4 Å². The van der Waals surface area contributed by atoms with Crippen LogP contribution < -0.4 is 10.6 Å². The Morgan fingerprint density at radius 3 is 2.77 bits per heavy atom. The number of piperidine rings is 1. The summed E-state index contributed by atoms with van der Waals surface area (Å²) in [5.41, 5.74) is 3.84. The Kier molecular flexibility index (Phi) is 7.70. The van der Waals surface area contributed by atoms with Crippen LogP contribution in [0.4, 0.5) is 5.69 Å². The number of rotatable bonds is 8. The third-order valence-corrected chi connectivity index (χ3v) is 6.25. The van der Waals surface area contributed by atoms with E-state index < -0.39 is 0 Å². The minimum Gasteiger partial charge on any atom is -0.380 e. The van der Waals surface area contributed by atoms with Crippen molar-refractivity contribution < 1.29 is 9.53 Å². The van der Waals surface area contributed by atoms with Gasteiger partial charge in [-0.25, -0.2) is 9.97 Å². The van der Waals surface area contributed by atoms with E-state index in [4.69, 9.17) is 10.00 Å². The second kappa shape index (κ2) is 11.1. The first-order valence-electron chi connectivity index (χ1n) is 11.7. The summed E-state index contributed by atoms with van der Waals surface area (Å²) in [4.78, 5) is 23.9. The first-order valence-corrected chi connectivity index (χ1v) is 11.7. The van der Waals surface area contributed by atoms with Crippen molar-refractivity contribution in [1.29, 1.82) is 5.26 Å². The van der Waals surface area contributed by atoms with Crippen LogP contribution in [0.25, 0.3) is 22.0 Å². The molecule has 0 bridgehead atoms. The summed E-state index contributed by atoms with van der Waals surface area (Å²) in [5.74, 6) is -0.0831. The zero-order chi connectivity index (χ0) is 24.8. The van der Waals surface area contributed by atoms with Crippen LogP contribution in [0.2, 0.25) is 0 Å². The maximum Gasteiger partial charge on any atom is 0.289 e. The molecule has 2 N–H and O–H groups in total. The lowest BCUT2D eigenvalue weighted by atomic mass is 10.00. The Hall–Kier alpha value is -3.80. The molecule has 1 amide bonds. The summed E-state index contributed by atoms with van der Waals surface area (Å²) in [6.07, 6.45) is 3.46. The summed E-state index contributed by atoms with van der Waals surface area (Å²) < 4.78 is 5.38. The van der Waals surface area contributed by atoms with Gasteiger partial charge in [-0.05, 0) is 50.5 Å². The topological polar surface area (TPSA) is 103 Å². The highest BCUT2D eigenvalue weighted by Crippen LogP contribution is 2.32. The SMILES string of the molecule is C=C(C#N)CNc1c(COC)ccc2ccc(-c3ccnc(C(=O)NC4CCN(C)CC4)n3)cc12. The van der Waals surface area contributed by atoms with Crippen LogP contribution >= 0.6 is 0 Å². The first-order chi connectivity index (χ1) is 17.0. The summed E-state index contributed by atoms with van der Waals surface area (Å²) in [5, 5.41) is 17.5. The van der Waals surface area contributed by atoms with E-state index in [0.717, 1.165) is 53.5 Å². The predicted octanol–water partition coefficient (Wildman–Crippen LogP) is 3.76. The number of carbonyl (C=O) groups is 1. The zero-order valence-electron chi connectivity index (χ0n) is 20.2. The van der Waals surface area contributed by atoms with Gasteiger partial charge in [0.25, 0.3) is 5.91 Å². The van der Waals surface area contributed by atoms with E-state index >= 15 is 0 Å². The normalized spacial score (nSPS) is 14.4. The van der Waals surface area contributed by atoms with Crippen LogP contribution in [0, 0.1) is 11.3 Å². The Balaban J connectivity index is 1.63. The highest BCUT2D eigenvalue weighted by Gasteiger charge is 2.20. The quantitative estimate of drug-likeness (QED) is 0.483. The number of nitrogens with zero attached hydrogens (tertiary/aromatic N) is 4. The van der Waals surface area contributed by atoms with Gasteiger partial charge in [0.05, 0.1) is 18.4 Å². The molecule has 3 aromatic rings. The minimum atomic E-state index is -0.248. The van der Waals surface area contributed by atoms with Gasteiger partial charge in [-0.3, -0.25) is 4.79 Å². The molecule has 0 atom stereocenters. The molecule has 0 aliphatic carbocycles. The van der Waals surface area contributed by atoms with Gasteiger partial charge >= 0.3 is 0 Å². The molecule has 2 heterocycles. The Labute approximate surface area is 205 Å². The van der Waals surface area contributed by atoms with Gasteiger partial charge in [-0.1, -0.05) is 30.8 Å². The van der Waals surface area contributed by atoms with Gasteiger partial charge in [-0.15, -0.1) is 0 Å². The highest BCUT2D eigenvalue weighted by atomic mass is 16.5. The van der Waals surface area contributed by atoms with Gasteiger partial charge in [0.15, 0.2) is 0 Å². The summed E-state index contributed by atoms with van der Waals surface area (Å²) >= 11 is 0. The van der Waals surface area contributed by atoms with E-state index in [9.17, 15) is 4.79 Å². The zero-order valence-corrected chi connectivity index (χ0v) is 20.2. The van der Waals surface area contributed by atoms with E-state index in [0.29, 0.717) is 24.4 Å².